The van der Waals surface area contributed by atoms with Crippen molar-refractivity contribution in [3.63, 3.8) is 0 Å². The Balaban J connectivity index is 1.87. The van der Waals surface area contributed by atoms with Crippen LogP contribution in [0, 0.1) is 0 Å². The van der Waals surface area contributed by atoms with Gasteiger partial charge in [-0.05, 0) is 24.1 Å². The Kier molecular flexibility index (Phi) is 4.39. The van der Waals surface area contributed by atoms with Gasteiger partial charge in [-0.25, -0.2) is 0 Å². The molecular formula is C14H21N3O2. The number of nitrogen functional groups attached to an aromatic ring is 1. The van der Waals surface area contributed by atoms with Crippen molar-refractivity contribution < 1.29 is 9.90 Å². The molecule has 1 aromatic carbocycles. The highest BCUT2D eigenvalue weighted by atomic mass is 16.3. The fourth-order valence-corrected chi connectivity index (χ4v) is 2.52. The number of anilines is 1. The van der Waals surface area contributed by atoms with Gasteiger partial charge in [-0.2, -0.15) is 0 Å². The maximum atomic E-state index is 11.0. The molecule has 2 unspecified atom stereocenters. The zero-order chi connectivity index (χ0) is 13.8. The standard InChI is InChI=1S/C14H21N3O2/c1-10(18)16-13-5-6-17(8-13)9-14(19)11-3-2-4-12(15)7-11/h2-4,7,13-14,19H,5-6,8-9,15H2,1H3,(H,16,18). The molecule has 4 N–H and O–H groups in total. The summed E-state index contributed by atoms with van der Waals surface area (Å²) in [6.07, 6.45) is 0.392. The molecule has 0 radical (unpaired) electrons. The van der Waals surface area contributed by atoms with Gasteiger partial charge in [0.1, 0.15) is 0 Å². The molecule has 0 bridgehead atoms. The minimum atomic E-state index is -0.542. The predicted molar refractivity (Wildman–Crippen MR) is 74.5 cm³/mol. The van der Waals surface area contributed by atoms with Gasteiger partial charge in [-0.3, -0.25) is 9.69 Å². The van der Waals surface area contributed by atoms with Crippen molar-refractivity contribution in [3.05, 3.63) is 29.8 Å². The first-order valence-electron chi connectivity index (χ1n) is 6.57. The second-order valence-corrected chi connectivity index (χ2v) is 5.13. The Hall–Kier alpha value is -1.59. The second-order valence-electron chi connectivity index (χ2n) is 5.13. The number of nitrogens with two attached hydrogens (primary N) is 1. The molecule has 2 atom stereocenters. The van der Waals surface area contributed by atoms with E-state index in [1.54, 1.807) is 12.1 Å². The van der Waals surface area contributed by atoms with Gasteiger partial charge in [0.25, 0.3) is 0 Å². The van der Waals surface area contributed by atoms with Crippen LogP contribution in [0.25, 0.3) is 0 Å². The monoisotopic (exact) mass is 263 g/mol. The Morgan fingerprint density at radius 2 is 2.42 bits per heavy atom. The number of rotatable bonds is 4. The summed E-state index contributed by atoms with van der Waals surface area (Å²) in [5.74, 6) is 0.00299. The van der Waals surface area contributed by atoms with Gasteiger partial charge in [0.2, 0.25) is 5.91 Å². The fraction of sp³-hybridized carbons (Fsp3) is 0.500. The number of hydrogen-bond acceptors (Lipinski definition) is 4. The molecule has 0 aromatic heterocycles. The average molecular weight is 263 g/mol. The summed E-state index contributed by atoms with van der Waals surface area (Å²) in [5.41, 5.74) is 7.21. The molecule has 1 aliphatic heterocycles. The molecule has 1 amide bonds. The van der Waals surface area contributed by atoms with Crippen LogP contribution in [0.5, 0.6) is 0 Å². The number of amides is 1. The van der Waals surface area contributed by atoms with Crippen LogP contribution >= 0.6 is 0 Å². The van der Waals surface area contributed by atoms with Gasteiger partial charge >= 0.3 is 0 Å². The number of aliphatic hydroxyl groups excluding tert-OH is 1. The lowest BCUT2D eigenvalue weighted by Crippen LogP contribution is -2.36. The third-order valence-electron chi connectivity index (χ3n) is 3.41. The van der Waals surface area contributed by atoms with E-state index in [1.165, 1.54) is 6.92 Å². The summed E-state index contributed by atoms with van der Waals surface area (Å²) in [4.78, 5) is 13.2. The summed E-state index contributed by atoms with van der Waals surface area (Å²) in [6.45, 7) is 3.78. The SMILES string of the molecule is CC(=O)NC1CCN(CC(O)c2cccc(N)c2)C1. The number of aliphatic hydroxyl groups is 1. The molecule has 2 rings (SSSR count). The Morgan fingerprint density at radius 3 is 3.11 bits per heavy atom. The molecule has 1 heterocycles. The summed E-state index contributed by atoms with van der Waals surface area (Å²) in [5, 5.41) is 13.1. The molecular weight excluding hydrogens is 242 g/mol. The highest BCUT2D eigenvalue weighted by Gasteiger charge is 2.24. The van der Waals surface area contributed by atoms with Crippen molar-refractivity contribution in [1.82, 2.24) is 10.2 Å². The molecule has 5 heteroatoms. The Morgan fingerprint density at radius 1 is 1.63 bits per heavy atom. The Bertz CT molecular complexity index is 450. The zero-order valence-electron chi connectivity index (χ0n) is 11.2. The number of nitrogens with one attached hydrogen (secondary N) is 1. The molecule has 19 heavy (non-hydrogen) atoms. The minimum Gasteiger partial charge on any atom is -0.399 e. The van der Waals surface area contributed by atoms with E-state index in [2.05, 4.69) is 10.2 Å². The van der Waals surface area contributed by atoms with Crippen LogP contribution in [0.1, 0.15) is 25.0 Å². The van der Waals surface area contributed by atoms with Crippen molar-refractivity contribution in [2.45, 2.75) is 25.5 Å². The number of carbonyl (C=O) groups excluding carboxylic acids is 1. The van der Waals surface area contributed by atoms with E-state index in [1.807, 2.05) is 12.1 Å². The van der Waals surface area contributed by atoms with Crippen LogP contribution in [-0.4, -0.2) is 41.6 Å². The van der Waals surface area contributed by atoms with E-state index in [4.69, 9.17) is 5.73 Å². The van der Waals surface area contributed by atoms with Crippen LogP contribution in [-0.2, 0) is 4.79 Å². The summed E-state index contributed by atoms with van der Waals surface area (Å²) in [7, 11) is 0. The minimum absolute atomic E-state index is 0.00299. The lowest BCUT2D eigenvalue weighted by molar-refractivity contribution is -0.119. The van der Waals surface area contributed by atoms with Gasteiger partial charge in [-0.1, -0.05) is 12.1 Å². The van der Waals surface area contributed by atoms with Gasteiger partial charge in [-0.15, -0.1) is 0 Å². The molecule has 104 valence electrons. The largest absolute Gasteiger partial charge is 0.399 e. The van der Waals surface area contributed by atoms with Gasteiger partial charge < -0.3 is 16.2 Å². The molecule has 1 saturated heterocycles. The maximum absolute atomic E-state index is 11.0. The number of nitrogens with zero attached hydrogens (tertiary/aromatic N) is 1. The quantitative estimate of drug-likeness (QED) is 0.692. The smallest absolute Gasteiger partial charge is 0.217 e. The van der Waals surface area contributed by atoms with E-state index in [9.17, 15) is 9.90 Å². The molecule has 5 nitrogen and oxygen atoms in total. The summed E-state index contributed by atoms with van der Waals surface area (Å²) < 4.78 is 0. The lowest BCUT2D eigenvalue weighted by Gasteiger charge is -2.20. The maximum Gasteiger partial charge on any atom is 0.217 e. The van der Waals surface area contributed by atoms with Gasteiger partial charge in [0, 0.05) is 38.3 Å². The molecule has 0 aliphatic carbocycles. The molecule has 0 saturated carbocycles. The van der Waals surface area contributed by atoms with E-state index in [0.717, 1.165) is 25.1 Å². The van der Waals surface area contributed by atoms with E-state index < -0.39 is 6.10 Å². The van der Waals surface area contributed by atoms with Crippen molar-refractivity contribution in [2.75, 3.05) is 25.4 Å². The number of β-amino-alcohol motifs (C(OH)–C–C–N with tert-alkyl or cyclic N) is 1. The molecule has 0 spiro atoms. The first kappa shape index (κ1) is 13.8. The molecule has 1 fully saturated rings. The molecule has 1 aliphatic rings. The van der Waals surface area contributed by atoms with Crippen LogP contribution in [0.15, 0.2) is 24.3 Å². The third kappa shape index (κ3) is 3.94. The highest BCUT2D eigenvalue weighted by molar-refractivity contribution is 5.73. The summed E-state index contributed by atoms with van der Waals surface area (Å²) >= 11 is 0. The Labute approximate surface area is 113 Å². The zero-order valence-corrected chi connectivity index (χ0v) is 11.2. The summed E-state index contributed by atoms with van der Waals surface area (Å²) in [6, 6.07) is 7.52. The highest BCUT2D eigenvalue weighted by Crippen LogP contribution is 2.19. The first-order chi connectivity index (χ1) is 9.04. The predicted octanol–water partition coefficient (Wildman–Crippen LogP) is 0.513. The van der Waals surface area contributed by atoms with E-state index in [0.29, 0.717) is 12.2 Å². The average Bonchev–Trinajstić information content (AvgIpc) is 2.75. The lowest BCUT2D eigenvalue weighted by atomic mass is 10.1. The van der Waals surface area contributed by atoms with E-state index >= 15 is 0 Å². The van der Waals surface area contributed by atoms with Crippen LogP contribution < -0.4 is 11.1 Å². The van der Waals surface area contributed by atoms with Gasteiger partial charge in [0.15, 0.2) is 0 Å². The number of benzene rings is 1. The van der Waals surface area contributed by atoms with Gasteiger partial charge in [0.05, 0.1) is 6.10 Å². The normalized spacial score (nSPS) is 21.3. The number of carbonyl (C=O) groups is 1. The fourth-order valence-electron chi connectivity index (χ4n) is 2.52. The van der Waals surface area contributed by atoms with Crippen molar-refractivity contribution in [3.8, 4) is 0 Å². The molecule has 1 aromatic rings. The van der Waals surface area contributed by atoms with Crippen molar-refractivity contribution in [1.29, 1.82) is 0 Å². The van der Waals surface area contributed by atoms with Crippen LogP contribution in [0.4, 0.5) is 5.69 Å². The third-order valence-corrected chi connectivity index (χ3v) is 3.41. The van der Waals surface area contributed by atoms with Crippen molar-refractivity contribution >= 4 is 11.6 Å². The van der Waals surface area contributed by atoms with Crippen molar-refractivity contribution in [2.24, 2.45) is 0 Å². The topological polar surface area (TPSA) is 78.6 Å². The number of hydrogen-bond donors (Lipinski definition) is 3. The van der Waals surface area contributed by atoms with E-state index in [-0.39, 0.29) is 11.9 Å². The van der Waals surface area contributed by atoms with Crippen LogP contribution in [0.2, 0.25) is 0 Å². The second kappa shape index (κ2) is 6.04. The van der Waals surface area contributed by atoms with Crippen LogP contribution in [0.3, 0.4) is 0 Å². The number of likely N-dealkylation sites (tertiary alicyclic amines) is 1. The first-order valence-corrected chi connectivity index (χ1v) is 6.57.